The fourth-order valence-electron chi connectivity index (χ4n) is 3.12. The van der Waals surface area contributed by atoms with Crippen molar-refractivity contribution in [2.24, 2.45) is 0 Å². The standard InChI is InChI=1S/C19H21NO3/c21-19(20-22)16-8-12-18(13-9-16)23-17-10-6-15(7-11-17)14-4-2-1-3-5-14/h6-14,22H,1-5H2,(H,20,21). The Hall–Kier alpha value is -2.33. The largest absolute Gasteiger partial charge is 0.457 e. The van der Waals surface area contributed by atoms with Gasteiger partial charge in [0.2, 0.25) is 0 Å². The van der Waals surface area contributed by atoms with Crippen LogP contribution in [0.5, 0.6) is 11.5 Å². The molecular formula is C19H21NO3. The predicted molar refractivity (Wildman–Crippen MR) is 88.0 cm³/mol. The summed E-state index contributed by atoms with van der Waals surface area (Å²) in [5, 5.41) is 8.60. The third-order valence-corrected chi connectivity index (χ3v) is 4.41. The second-order valence-corrected chi connectivity index (χ2v) is 5.97. The summed E-state index contributed by atoms with van der Waals surface area (Å²) in [4.78, 5) is 11.3. The minimum Gasteiger partial charge on any atom is -0.457 e. The first-order valence-corrected chi connectivity index (χ1v) is 8.08. The number of hydrogen-bond acceptors (Lipinski definition) is 3. The Kier molecular flexibility index (Phi) is 4.93. The number of carbonyl (C=O) groups is 1. The molecule has 0 spiro atoms. The number of nitrogens with one attached hydrogen (secondary N) is 1. The molecule has 0 unspecified atom stereocenters. The lowest BCUT2D eigenvalue weighted by atomic mass is 9.84. The lowest BCUT2D eigenvalue weighted by molar-refractivity contribution is 0.0706. The highest BCUT2D eigenvalue weighted by molar-refractivity contribution is 5.93. The molecule has 23 heavy (non-hydrogen) atoms. The van der Waals surface area contributed by atoms with Gasteiger partial charge >= 0.3 is 0 Å². The van der Waals surface area contributed by atoms with Gasteiger partial charge in [0.25, 0.3) is 5.91 Å². The molecule has 2 N–H and O–H groups in total. The monoisotopic (exact) mass is 311 g/mol. The molecule has 0 radical (unpaired) electrons. The van der Waals surface area contributed by atoms with Gasteiger partial charge in [-0.3, -0.25) is 10.0 Å². The van der Waals surface area contributed by atoms with Crippen molar-refractivity contribution in [2.45, 2.75) is 38.0 Å². The Labute approximate surface area is 136 Å². The Morgan fingerprint density at radius 2 is 1.48 bits per heavy atom. The fourth-order valence-corrected chi connectivity index (χ4v) is 3.12. The molecule has 0 aliphatic heterocycles. The molecule has 0 heterocycles. The number of carbonyl (C=O) groups excluding carboxylic acids is 1. The molecule has 0 bridgehead atoms. The average molecular weight is 311 g/mol. The fraction of sp³-hybridized carbons (Fsp3) is 0.316. The van der Waals surface area contributed by atoms with E-state index in [9.17, 15) is 4.79 Å². The summed E-state index contributed by atoms with van der Waals surface area (Å²) in [6.45, 7) is 0. The number of hydroxylamine groups is 1. The van der Waals surface area contributed by atoms with Crippen molar-refractivity contribution in [2.75, 3.05) is 0 Å². The molecule has 4 nitrogen and oxygen atoms in total. The predicted octanol–water partition coefficient (Wildman–Crippen LogP) is 4.65. The van der Waals surface area contributed by atoms with Crippen molar-refractivity contribution >= 4 is 5.91 Å². The van der Waals surface area contributed by atoms with E-state index in [1.165, 1.54) is 37.7 Å². The summed E-state index contributed by atoms with van der Waals surface area (Å²) in [7, 11) is 0. The van der Waals surface area contributed by atoms with Gasteiger partial charge in [-0.25, -0.2) is 5.48 Å². The molecule has 120 valence electrons. The number of rotatable bonds is 4. The Balaban J connectivity index is 1.64. The average Bonchev–Trinajstić information content (AvgIpc) is 2.63. The van der Waals surface area contributed by atoms with Crippen LogP contribution in [0.4, 0.5) is 0 Å². The lowest BCUT2D eigenvalue weighted by Crippen LogP contribution is -2.18. The second-order valence-electron chi connectivity index (χ2n) is 5.97. The molecule has 2 aromatic rings. The number of amides is 1. The van der Waals surface area contributed by atoms with E-state index in [-0.39, 0.29) is 0 Å². The number of benzene rings is 2. The second kappa shape index (κ2) is 7.29. The van der Waals surface area contributed by atoms with Crippen molar-refractivity contribution in [3.05, 3.63) is 59.7 Å². The summed E-state index contributed by atoms with van der Waals surface area (Å²) in [5.41, 5.74) is 3.39. The van der Waals surface area contributed by atoms with Gasteiger partial charge in [0.05, 0.1) is 0 Å². The van der Waals surface area contributed by atoms with Gasteiger partial charge in [0, 0.05) is 5.56 Å². The molecule has 2 aromatic carbocycles. The molecule has 3 rings (SSSR count). The van der Waals surface area contributed by atoms with Crippen LogP contribution in [0.3, 0.4) is 0 Å². The van der Waals surface area contributed by atoms with Gasteiger partial charge in [-0.05, 0) is 60.7 Å². The summed E-state index contributed by atoms with van der Waals surface area (Å²) >= 11 is 0. The molecule has 1 aliphatic carbocycles. The van der Waals surface area contributed by atoms with E-state index in [2.05, 4.69) is 12.1 Å². The quantitative estimate of drug-likeness (QED) is 0.638. The third kappa shape index (κ3) is 3.90. The van der Waals surface area contributed by atoms with E-state index in [1.807, 2.05) is 12.1 Å². The molecule has 0 saturated heterocycles. The zero-order valence-corrected chi connectivity index (χ0v) is 13.0. The molecule has 1 amide bonds. The third-order valence-electron chi connectivity index (χ3n) is 4.41. The number of hydrogen-bond donors (Lipinski definition) is 2. The summed E-state index contributed by atoms with van der Waals surface area (Å²) in [6, 6.07) is 14.9. The first kappa shape index (κ1) is 15.6. The maximum absolute atomic E-state index is 11.3. The minimum absolute atomic E-state index is 0.382. The summed E-state index contributed by atoms with van der Waals surface area (Å²) in [6.07, 6.45) is 6.60. The zero-order chi connectivity index (χ0) is 16.1. The molecule has 1 saturated carbocycles. The molecule has 4 heteroatoms. The Morgan fingerprint density at radius 1 is 0.913 bits per heavy atom. The molecule has 0 atom stereocenters. The molecule has 1 fully saturated rings. The van der Waals surface area contributed by atoms with Crippen LogP contribution >= 0.6 is 0 Å². The summed E-state index contributed by atoms with van der Waals surface area (Å²) < 4.78 is 5.79. The van der Waals surface area contributed by atoms with E-state index in [0.29, 0.717) is 17.2 Å². The maximum atomic E-state index is 11.3. The highest BCUT2D eigenvalue weighted by Gasteiger charge is 2.15. The minimum atomic E-state index is -0.534. The van der Waals surface area contributed by atoms with E-state index in [0.717, 1.165) is 5.75 Å². The normalized spacial score (nSPS) is 15.2. The van der Waals surface area contributed by atoms with E-state index < -0.39 is 5.91 Å². The van der Waals surface area contributed by atoms with E-state index in [4.69, 9.17) is 9.94 Å². The van der Waals surface area contributed by atoms with Crippen LogP contribution in [0.15, 0.2) is 48.5 Å². The van der Waals surface area contributed by atoms with Crippen LogP contribution in [0.2, 0.25) is 0 Å². The van der Waals surface area contributed by atoms with Crippen LogP contribution in [-0.4, -0.2) is 11.1 Å². The van der Waals surface area contributed by atoms with Crippen LogP contribution in [-0.2, 0) is 0 Å². The van der Waals surface area contributed by atoms with Crippen LogP contribution in [0.25, 0.3) is 0 Å². The van der Waals surface area contributed by atoms with Gasteiger partial charge in [0.15, 0.2) is 0 Å². The van der Waals surface area contributed by atoms with Crippen LogP contribution in [0.1, 0.15) is 53.9 Å². The number of ether oxygens (including phenoxy) is 1. The highest BCUT2D eigenvalue weighted by atomic mass is 16.5. The van der Waals surface area contributed by atoms with E-state index in [1.54, 1.807) is 29.7 Å². The van der Waals surface area contributed by atoms with Gasteiger partial charge < -0.3 is 4.74 Å². The molecule has 1 aliphatic rings. The molecule has 0 aromatic heterocycles. The molecular weight excluding hydrogens is 290 g/mol. The van der Waals surface area contributed by atoms with Gasteiger partial charge in [0.1, 0.15) is 11.5 Å². The van der Waals surface area contributed by atoms with Crippen molar-refractivity contribution in [1.29, 1.82) is 0 Å². The van der Waals surface area contributed by atoms with Crippen LogP contribution < -0.4 is 10.2 Å². The maximum Gasteiger partial charge on any atom is 0.274 e. The first-order valence-electron chi connectivity index (χ1n) is 8.08. The van der Waals surface area contributed by atoms with Gasteiger partial charge in [-0.15, -0.1) is 0 Å². The lowest BCUT2D eigenvalue weighted by Gasteiger charge is -2.22. The van der Waals surface area contributed by atoms with Gasteiger partial charge in [-0.2, -0.15) is 0 Å². The Morgan fingerprint density at radius 3 is 2.04 bits per heavy atom. The van der Waals surface area contributed by atoms with Crippen molar-refractivity contribution in [3.8, 4) is 11.5 Å². The SMILES string of the molecule is O=C(NO)c1ccc(Oc2ccc(C3CCCCC3)cc2)cc1. The van der Waals surface area contributed by atoms with Crippen molar-refractivity contribution < 1.29 is 14.7 Å². The van der Waals surface area contributed by atoms with Crippen LogP contribution in [0, 0.1) is 0 Å². The summed E-state index contributed by atoms with van der Waals surface area (Å²) in [5.74, 6) is 1.59. The Bertz CT molecular complexity index is 643. The van der Waals surface area contributed by atoms with Gasteiger partial charge in [-0.1, -0.05) is 31.4 Å². The topological polar surface area (TPSA) is 58.6 Å². The first-order chi connectivity index (χ1) is 11.3. The van der Waals surface area contributed by atoms with Crippen molar-refractivity contribution in [3.63, 3.8) is 0 Å². The zero-order valence-electron chi connectivity index (χ0n) is 13.0. The van der Waals surface area contributed by atoms with Crippen molar-refractivity contribution in [1.82, 2.24) is 5.48 Å². The van der Waals surface area contributed by atoms with E-state index >= 15 is 0 Å². The highest BCUT2D eigenvalue weighted by Crippen LogP contribution is 2.33. The smallest absolute Gasteiger partial charge is 0.274 e.